The molecule has 1 aromatic rings. The van der Waals surface area contributed by atoms with E-state index in [1.54, 1.807) is 19.5 Å². The lowest BCUT2D eigenvalue weighted by molar-refractivity contribution is -0.193. The van der Waals surface area contributed by atoms with Crippen LogP contribution in [0.5, 0.6) is 5.75 Å². The van der Waals surface area contributed by atoms with Crippen molar-refractivity contribution in [2.75, 3.05) is 33.4 Å². The maximum absolute atomic E-state index is 10.6. The Kier molecular flexibility index (Phi) is 11.5. The van der Waals surface area contributed by atoms with Crippen molar-refractivity contribution in [1.82, 2.24) is 9.88 Å². The Bertz CT molecular complexity index is 740. The Morgan fingerprint density at radius 3 is 2.21 bits per heavy atom. The molecular formula is C19H24F6N2O7. The van der Waals surface area contributed by atoms with Crippen LogP contribution in [0.1, 0.15) is 12.8 Å². The van der Waals surface area contributed by atoms with Gasteiger partial charge in [-0.15, -0.1) is 0 Å². The third kappa shape index (κ3) is 10.1. The van der Waals surface area contributed by atoms with Crippen LogP contribution >= 0.6 is 0 Å². The van der Waals surface area contributed by atoms with E-state index >= 15 is 0 Å². The molecule has 9 nitrogen and oxygen atoms in total. The second-order valence-corrected chi connectivity index (χ2v) is 6.96. The summed E-state index contributed by atoms with van der Waals surface area (Å²) >= 11 is 0. The maximum Gasteiger partial charge on any atom is 0.490 e. The molecule has 1 aromatic heterocycles. The first kappa shape index (κ1) is 29.4. The molecule has 2 aliphatic rings. The van der Waals surface area contributed by atoms with Crippen LogP contribution < -0.4 is 4.74 Å². The monoisotopic (exact) mass is 506 g/mol. The molecule has 2 fully saturated rings. The van der Waals surface area contributed by atoms with Crippen molar-refractivity contribution in [3.05, 3.63) is 24.5 Å². The smallest absolute Gasteiger partial charge is 0.486 e. The van der Waals surface area contributed by atoms with Crippen molar-refractivity contribution in [3.8, 4) is 5.75 Å². The molecule has 2 heterocycles. The first-order chi connectivity index (χ1) is 15.8. The normalized spacial score (nSPS) is 22.4. The van der Waals surface area contributed by atoms with Gasteiger partial charge in [-0.1, -0.05) is 0 Å². The minimum absolute atomic E-state index is 0.134. The first-order valence-electron chi connectivity index (χ1n) is 9.78. The molecule has 3 atom stereocenters. The number of aromatic nitrogens is 1. The van der Waals surface area contributed by atoms with Gasteiger partial charge in [0.15, 0.2) is 0 Å². The highest BCUT2D eigenvalue weighted by atomic mass is 19.4. The topological polar surface area (TPSA) is 118 Å². The van der Waals surface area contributed by atoms with Gasteiger partial charge in [0.05, 0.1) is 19.4 Å². The quantitative estimate of drug-likeness (QED) is 0.581. The fraction of sp³-hybridized carbons (Fsp3) is 0.632. The predicted molar refractivity (Wildman–Crippen MR) is 102 cm³/mol. The van der Waals surface area contributed by atoms with Crippen molar-refractivity contribution in [2.45, 2.75) is 43.4 Å². The molecule has 0 aromatic carbocycles. The summed E-state index contributed by atoms with van der Waals surface area (Å²) in [6, 6.07) is 4.31. The molecule has 1 saturated heterocycles. The molecule has 15 heteroatoms. The van der Waals surface area contributed by atoms with E-state index in [-0.39, 0.29) is 12.2 Å². The molecule has 0 amide bonds. The lowest BCUT2D eigenvalue weighted by atomic mass is 10.1. The molecule has 2 N–H and O–H groups in total. The zero-order valence-corrected chi connectivity index (χ0v) is 17.9. The van der Waals surface area contributed by atoms with Crippen LogP contribution in [0.25, 0.3) is 0 Å². The fourth-order valence-electron chi connectivity index (χ4n) is 3.20. The van der Waals surface area contributed by atoms with Gasteiger partial charge in [0.2, 0.25) is 0 Å². The van der Waals surface area contributed by atoms with E-state index in [0.29, 0.717) is 6.04 Å². The zero-order valence-electron chi connectivity index (χ0n) is 17.9. The average Bonchev–Trinajstić information content (AvgIpc) is 3.16. The minimum Gasteiger partial charge on any atom is -0.486 e. The number of aliphatic carboxylic acids is 2. The van der Waals surface area contributed by atoms with Gasteiger partial charge >= 0.3 is 24.3 Å². The summed E-state index contributed by atoms with van der Waals surface area (Å²) in [4.78, 5) is 24.4. The summed E-state index contributed by atoms with van der Waals surface area (Å²) < 4.78 is 80.7. The Morgan fingerprint density at radius 1 is 1.15 bits per heavy atom. The van der Waals surface area contributed by atoms with Crippen LogP contribution in [0.4, 0.5) is 26.3 Å². The van der Waals surface area contributed by atoms with Gasteiger partial charge in [0.1, 0.15) is 18.0 Å². The zero-order chi connectivity index (χ0) is 25.9. The van der Waals surface area contributed by atoms with Gasteiger partial charge < -0.3 is 24.4 Å². The van der Waals surface area contributed by atoms with E-state index < -0.39 is 24.3 Å². The standard InChI is InChI=1S/C15H22N2O3.2C2HF3O2/c1-18-9-7-17-8-10-19-15-13(17)4-5-14(15)20-12-3-2-6-16-11-12;2*3-2(4,5)1(6)7/h2-3,6,11,13-15H,4-5,7-10H2,1H3;2*(H,6,7)/t13-,14-,15+;;/m0../s1. The molecule has 0 bridgehead atoms. The van der Waals surface area contributed by atoms with Crippen molar-refractivity contribution >= 4 is 11.9 Å². The van der Waals surface area contributed by atoms with Gasteiger partial charge in [0, 0.05) is 32.4 Å². The van der Waals surface area contributed by atoms with E-state index in [4.69, 9.17) is 34.0 Å². The molecule has 1 aliphatic heterocycles. The average molecular weight is 506 g/mol. The summed E-state index contributed by atoms with van der Waals surface area (Å²) in [5.74, 6) is -4.68. The van der Waals surface area contributed by atoms with E-state index in [1.807, 2.05) is 12.1 Å². The van der Waals surface area contributed by atoms with Crippen molar-refractivity contribution < 1.29 is 60.4 Å². The minimum atomic E-state index is -5.08. The summed E-state index contributed by atoms with van der Waals surface area (Å²) in [6.07, 6.45) is -4.19. The van der Waals surface area contributed by atoms with Crippen LogP contribution in [-0.4, -0.2) is 96.1 Å². The van der Waals surface area contributed by atoms with Gasteiger partial charge in [-0.25, -0.2) is 9.59 Å². The van der Waals surface area contributed by atoms with Gasteiger partial charge in [-0.2, -0.15) is 26.3 Å². The number of carbonyl (C=O) groups is 2. The molecule has 34 heavy (non-hydrogen) atoms. The Balaban J connectivity index is 0.000000343. The molecule has 0 radical (unpaired) electrons. The predicted octanol–water partition coefficient (Wildman–Crippen LogP) is 2.61. The maximum atomic E-state index is 10.6. The lowest BCUT2D eigenvalue weighted by Crippen LogP contribution is -2.52. The molecular weight excluding hydrogens is 482 g/mol. The first-order valence-corrected chi connectivity index (χ1v) is 9.78. The van der Waals surface area contributed by atoms with Crippen molar-refractivity contribution in [1.29, 1.82) is 0 Å². The highest BCUT2D eigenvalue weighted by molar-refractivity contribution is 5.73. The summed E-state index contributed by atoms with van der Waals surface area (Å²) in [5.41, 5.74) is 0. The summed E-state index contributed by atoms with van der Waals surface area (Å²) in [6.45, 7) is 3.51. The molecule has 194 valence electrons. The second kappa shape index (κ2) is 13.3. The molecule has 0 spiro atoms. The summed E-state index contributed by atoms with van der Waals surface area (Å²) in [7, 11) is 1.75. The SMILES string of the molecule is COCCN1CCO[C@H]2[C@@H](Oc3cccnc3)CC[C@@H]21.O=C(O)C(F)(F)F.O=C(O)C(F)(F)F. The van der Waals surface area contributed by atoms with Gasteiger partial charge in [0.25, 0.3) is 0 Å². The Hall–Kier alpha value is -2.65. The number of rotatable bonds is 5. The van der Waals surface area contributed by atoms with E-state index in [0.717, 1.165) is 44.9 Å². The van der Waals surface area contributed by atoms with E-state index in [1.165, 1.54) is 0 Å². The number of ether oxygens (including phenoxy) is 3. The number of alkyl halides is 6. The van der Waals surface area contributed by atoms with Crippen LogP contribution in [0, 0.1) is 0 Å². The highest BCUT2D eigenvalue weighted by Gasteiger charge is 2.44. The second-order valence-electron chi connectivity index (χ2n) is 6.96. The molecule has 3 rings (SSSR count). The van der Waals surface area contributed by atoms with Crippen LogP contribution in [-0.2, 0) is 19.1 Å². The number of hydrogen-bond acceptors (Lipinski definition) is 7. The summed E-state index contributed by atoms with van der Waals surface area (Å²) in [5, 5.41) is 14.2. The number of carboxylic acid groups (broad SMARTS) is 2. The van der Waals surface area contributed by atoms with E-state index in [2.05, 4.69) is 9.88 Å². The number of morpholine rings is 1. The molecule has 1 aliphatic carbocycles. The van der Waals surface area contributed by atoms with Crippen molar-refractivity contribution in [3.63, 3.8) is 0 Å². The van der Waals surface area contributed by atoms with Gasteiger partial charge in [-0.05, 0) is 25.0 Å². The van der Waals surface area contributed by atoms with Crippen LogP contribution in [0.15, 0.2) is 24.5 Å². The number of hydrogen-bond donors (Lipinski definition) is 2. The number of nitrogens with zero attached hydrogens (tertiary/aromatic N) is 2. The number of halogens is 6. The largest absolute Gasteiger partial charge is 0.490 e. The third-order valence-electron chi connectivity index (χ3n) is 4.64. The highest BCUT2D eigenvalue weighted by Crippen LogP contribution is 2.32. The Morgan fingerprint density at radius 2 is 1.74 bits per heavy atom. The molecule has 0 unspecified atom stereocenters. The molecule has 1 saturated carbocycles. The lowest BCUT2D eigenvalue weighted by Gasteiger charge is -2.38. The number of fused-ring (bicyclic) bond motifs is 1. The van der Waals surface area contributed by atoms with Crippen molar-refractivity contribution in [2.24, 2.45) is 0 Å². The fourth-order valence-corrected chi connectivity index (χ4v) is 3.20. The third-order valence-corrected chi connectivity index (χ3v) is 4.64. The van der Waals surface area contributed by atoms with Crippen LogP contribution in [0.2, 0.25) is 0 Å². The van der Waals surface area contributed by atoms with Crippen LogP contribution in [0.3, 0.4) is 0 Å². The number of pyridine rings is 1. The Labute approximate surface area is 190 Å². The van der Waals surface area contributed by atoms with Gasteiger partial charge in [-0.3, -0.25) is 9.88 Å². The number of methoxy groups -OCH3 is 1. The number of carboxylic acids is 2. The van der Waals surface area contributed by atoms with E-state index in [9.17, 15) is 26.3 Å².